The van der Waals surface area contributed by atoms with Crippen LogP contribution in [0.5, 0.6) is 0 Å². The first kappa shape index (κ1) is 20.2. The molecule has 1 saturated heterocycles. The highest BCUT2D eigenvalue weighted by Gasteiger charge is 2.13. The first-order valence-corrected chi connectivity index (χ1v) is 11.0. The molecule has 0 spiro atoms. The number of carbonyl (C=O) groups excluding carboxylic acids is 1. The van der Waals surface area contributed by atoms with E-state index in [0.29, 0.717) is 5.82 Å². The summed E-state index contributed by atoms with van der Waals surface area (Å²) < 4.78 is 0. The average Bonchev–Trinajstić information content (AvgIpc) is 3.28. The summed E-state index contributed by atoms with van der Waals surface area (Å²) in [5.41, 5.74) is 4.77. The summed E-state index contributed by atoms with van der Waals surface area (Å²) in [7, 11) is 0. The molecule has 0 radical (unpaired) electrons. The summed E-state index contributed by atoms with van der Waals surface area (Å²) in [6.45, 7) is 5.28. The van der Waals surface area contributed by atoms with E-state index in [-0.39, 0.29) is 5.91 Å². The number of nitrogens with one attached hydrogen (secondary N) is 3. The molecule has 5 rings (SSSR count). The van der Waals surface area contributed by atoms with E-state index in [1.165, 1.54) is 5.57 Å². The van der Waals surface area contributed by atoms with Gasteiger partial charge < -0.3 is 20.5 Å². The van der Waals surface area contributed by atoms with E-state index in [1.54, 1.807) is 12.4 Å². The number of nitrogens with zero attached hydrogens (tertiary/aromatic N) is 3. The topological polar surface area (TPSA) is 85.9 Å². The first-order chi connectivity index (χ1) is 15.7. The van der Waals surface area contributed by atoms with Crippen molar-refractivity contribution in [3.63, 3.8) is 0 Å². The van der Waals surface area contributed by atoms with Crippen molar-refractivity contribution in [2.45, 2.75) is 19.8 Å². The highest BCUT2D eigenvalue weighted by Crippen LogP contribution is 2.27. The molecule has 7 heteroatoms. The lowest BCUT2D eigenvalue weighted by molar-refractivity contribution is -0.112. The molecule has 32 heavy (non-hydrogen) atoms. The van der Waals surface area contributed by atoms with Gasteiger partial charge in [-0.1, -0.05) is 12.5 Å². The number of rotatable bonds is 5. The van der Waals surface area contributed by atoms with Crippen LogP contribution in [-0.4, -0.2) is 45.4 Å². The van der Waals surface area contributed by atoms with E-state index in [4.69, 9.17) is 0 Å². The van der Waals surface area contributed by atoms with E-state index < -0.39 is 0 Å². The van der Waals surface area contributed by atoms with Gasteiger partial charge in [-0.05, 0) is 61.9 Å². The van der Waals surface area contributed by atoms with Crippen LogP contribution in [0.4, 0.5) is 17.2 Å². The summed E-state index contributed by atoms with van der Waals surface area (Å²) >= 11 is 0. The molecule has 0 saturated carbocycles. The second kappa shape index (κ2) is 8.80. The average molecular weight is 427 g/mol. The Labute approximate surface area is 186 Å². The summed E-state index contributed by atoms with van der Waals surface area (Å²) in [6, 6.07) is 13.8. The van der Waals surface area contributed by atoms with Crippen LogP contribution >= 0.6 is 0 Å². The zero-order chi connectivity index (χ0) is 21.9. The van der Waals surface area contributed by atoms with Gasteiger partial charge in [0.25, 0.3) is 0 Å². The van der Waals surface area contributed by atoms with Crippen LogP contribution in [0.3, 0.4) is 0 Å². The molecule has 3 N–H and O–H groups in total. The van der Waals surface area contributed by atoms with Gasteiger partial charge in [-0.2, -0.15) is 0 Å². The van der Waals surface area contributed by atoms with Gasteiger partial charge in [-0.3, -0.25) is 4.79 Å². The number of anilines is 3. The van der Waals surface area contributed by atoms with Crippen LogP contribution in [0, 0.1) is 0 Å². The summed E-state index contributed by atoms with van der Waals surface area (Å²) in [5, 5.41) is 8.37. The van der Waals surface area contributed by atoms with Crippen molar-refractivity contribution in [1.82, 2.24) is 19.9 Å². The number of carbonyl (C=O) groups is 1. The van der Waals surface area contributed by atoms with Crippen LogP contribution in [0.1, 0.15) is 19.8 Å². The number of likely N-dealkylation sites (tertiary alicyclic amines) is 1. The van der Waals surface area contributed by atoms with Crippen molar-refractivity contribution >= 4 is 44.9 Å². The lowest BCUT2D eigenvalue weighted by atomic mass is 10.0. The Bertz CT molecular complexity index is 1300. The van der Waals surface area contributed by atoms with Gasteiger partial charge in [0.05, 0.1) is 5.52 Å². The van der Waals surface area contributed by atoms with E-state index in [1.807, 2.05) is 42.6 Å². The summed E-state index contributed by atoms with van der Waals surface area (Å²) in [4.78, 5) is 27.0. The number of fused-ring (bicyclic) bond motifs is 2. The molecule has 1 aliphatic rings. The molecule has 0 bridgehead atoms. The summed E-state index contributed by atoms with van der Waals surface area (Å²) in [6.07, 6.45) is 7.12. The van der Waals surface area contributed by atoms with Crippen molar-refractivity contribution in [1.29, 1.82) is 0 Å². The molecule has 1 fully saturated rings. The standard InChI is InChI=1S/C25H26N6O/c1-2-31-11-8-17(9-12-31)13-24(32)29-20-4-6-23-21(15-20)25(28-16-27-23)30-19-3-5-22-18(14-19)7-10-26-22/h3-7,10,13-16,26H,2,8-9,11-12H2,1H3,(H,29,32)(H,27,28,30). The third-order valence-corrected chi connectivity index (χ3v) is 6.00. The van der Waals surface area contributed by atoms with Crippen molar-refractivity contribution in [2.24, 2.45) is 0 Å². The molecule has 1 aliphatic heterocycles. The fraction of sp³-hybridized carbons (Fsp3) is 0.240. The number of aromatic amines is 1. The van der Waals surface area contributed by atoms with Crippen molar-refractivity contribution in [3.8, 4) is 0 Å². The Kier molecular flexibility index (Phi) is 5.56. The highest BCUT2D eigenvalue weighted by molar-refractivity contribution is 6.02. The molecular formula is C25H26N6O. The predicted octanol–water partition coefficient (Wildman–Crippen LogP) is 4.84. The van der Waals surface area contributed by atoms with Gasteiger partial charge in [0, 0.05) is 53.0 Å². The second-order valence-electron chi connectivity index (χ2n) is 8.09. The number of piperidine rings is 1. The number of hydrogen-bond acceptors (Lipinski definition) is 5. The number of hydrogen-bond donors (Lipinski definition) is 3. The third kappa shape index (κ3) is 4.33. The summed E-state index contributed by atoms with van der Waals surface area (Å²) in [5.74, 6) is 0.611. The van der Waals surface area contributed by atoms with Crippen molar-refractivity contribution in [2.75, 3.05) is 30.3 Å². The minimum absolute atomic E-state index is 0.0893. The Morgan fingerprint density at radius 3 is 2.78 bits per heavy atom. The van der Waals surface area contributed by atoms with E-state index in [0.717, 1.165) is 65.7 Å². The number of H-pyrrole nitrogens is 1. The fourth-order valence-corrected chi connectivity index (χ4v) is 4.17. The van der Waals surface area contributed by atoms with Gasteiger partial charge in [-0.25, -0.2) is 9.97 Å². The van der Waals surface area contributed by atoms with Crippen LogP contribution < -0.4 is 10.6 Å². The smallest absolute Gasteiger partial charge is 0.248 e. The maximum absolute atomic E-state index is 12.6. The largest absolute Gasteiger partial charge is 0.361 e. The Morgan fingerprint density at radius 2 is 1.94 bits per heavy atom. The van der Waals surface area contributed by atoms with E-state index in [9.17, 15) is 4.79 Å². The Morgan fingerprint density at radius 1 is 1.09 bits per heavy atom. The lowest BCUT2D eigenvalue weighted by Gasteiger charge is -2.26. The SMILES string of the molecule is CCN1CCC(=CC(=O)Nc2ccc3ncnc(Nc4ccc5[nH]ccc5c4)c3c2)CC1. The maximum atomic E-state index is 12.6. The number of amides is 1. The number of benzene rings is 2. The molecule has 2 aromatic heterocycles. The van der Waals surface area contributed by atoms with Gasteiger partial charge >= 0.3 is 0 Å². The fourth-order valence-electron chi connectivity index (χ4n) is 4.17. The molecular weight excluding hydrogens is 400 g/mol. The quantitative estimate of drug-likeness (QED) is 0.398. The molecule has 162 valence electrons. The Balaban J connectivity index is 1.35. The lowest BCUT2D eigenvalue weighted by Crippen LogP contribution is -2.30. The molecule has 2 aromatic carbocycles. The molecule has 4 aromatic rings. The van der Waals surface area contributed by atoms with Gasteiger partial charge in [0.2, 0.25) is 5.91 Å². The zero-order valence-electron chi connectivity index (χ0n) is 18.1. The minimum Gasteiger partial charge on any atom is -0.361 e. The van der Waals surface area contributed by atoms with Crippen LogP contribution in [0.25, 0.3) is 21.8 Å². The van der Waals surface area contributed by atoms with Gasteiger partial charge in [-0.15, -0.1) is 0 Å². The van der Waals surface area contributed by atoms with E-state index >= 15 is 0 Å². The first-order valence-electron chi connectivity index (χ1n) is 11.0. The predicted molar refractivity (Wildman–Crippen MR) is 129 cm³/mol. The van der Waals surface area contributed by atoms with Crippen LogP contribution in [0.2, 0.25) is 0 Å². The molecule has 1 amide bonds. The third-order valence-electron chi connectivity index (χ3n) is 6.00. The monoisotopic (exact) mass is 426 g/mol. The van der Waals surface area contributed by atoms with Crippen LogP contribution in [-0.2, 0) is 4.79 Å². The molecule has 0 atom stereocenters. The second-order valence-corrected chi connectivity index (χ2v) is 8.09. The molecule has 7 nitrogen and oxygen atoms in total. The number of aromatic nitrogens is 3. The van der Waals surface area contributed by atoms with Crippen molar-refractivity contribution in [3.05, 3.63) is 66.6 Å². The van der Waals surface area contributed by atoms with Gasteiger partial charge in [0.1, 0.15) is 12.1 Å². The van der Waals surface area contributed by atoms with Gasteiger partial charge in [0.15, 0.2) is 0 Å². The Hall–Kier alpha value is -3.71. The molecule has 0 unspecified atom stereocenters. The van der Waals surface area contributed by atoms with E-state index in [2.05, 4.69) is 43.5 Å². The minimum atomic E-state index is -0.0893. The van der Waals surface area contributed by atoms with Crippen molar-refractivity contribution < 1.29 is 4.79 Å². The normalized spacial score (nSPS) is 14.6. The molecule has 0 aliphatic carbocycles. The van der Waals surface area contributed by atoms with Crippen LogP contribution in [0.15, 0.2) is 66.6 Å². The maximum Gasteiger partial charge on any atom is 0.248 e. The zero-order valence-corrected chi connectivity index (χ0v) is 18.1. The highest BCUT2D eigenvalue weighted by atomic mass is 16.1. The molecule has 3 heterocycles.